The Balaban J connectivity index is 2.11. The van der Waals surface area contributed by atoms with E-state index >= 15 is 0 Å². The molecule has 0 fully saturated rings. The molecule has 4 heteroatoms. The predicted molar refractivity (Wildman–Crippen MR) is 74.2 cm³/mol. The van der Waals surface area contributed by atoms with Crippen molar-refractivity contribution in [3.63, 3.8) is 0 Å². The summed E-state index contributed by atoms with van der Waals surface area (Å²) in [5.74, 6) is 0. The predicted octanol–water partition coefficient (Wildman–Crippen LogP) is 3.60. The van der Waals surface area contributed by atoms with E-state index < -0.39 is 0 Å². The largest absolute Gasteiger partial charge is 0.275 e. The summed E-state index contributed by atoms with van der Waals surface area (Å²) in [6, 6.07) is 18.5. The number of benzene rings is 2. The van der Waals surface area contributed by atoms with E-state index in [1.54, 1.807) is 6.33 Å². The minimum Gasteiger partial charge on any atom is -0.275 e. The van der Waals surface area contributed by atoms with Crippen molar-refractivity contribution in [2.75, 3.05) is 0 Å². The average Bonchev–Trinajstić information content (AvgIpc) is 2.86. The summed E-state index contributed by atoms with van der Waals surface area (Å²) < 4.78 is 2.45. The molecule has 2 aromatic carbocycles. The molecule has 0 radical (unpaired) electrons. The molecule has 0 unspecified atom stereocenters. The van der Waals surface area contributed by atoms with Crippen molar-refractivity contribution in [2.24, 2.45) is 0 Å². The average molecular weight is 253 g/mol. The lowest BCUT2D eigenvalue weighted by atomic mass is 10.1. The molecule has 0 atom stereocenters. The van der Waals surface area contributed by atoms with E-state index in [9.17, 15) is 0 Å². The first-order valence-corrected chi connectivity index (χ1v) is 6.03. The zero-order valence-electron chi connectivity index (χ0n) is 9.58. The van der Waals surface area contributed by atoms with Gasteiger partial charge in [-0.3, -0.25) is 9.67 Å². The topological polar surface area (TPSA) is 33.6 Å². The van der Waals surface area contributed by atoms with Gasteiger partial charge >= 0.3 is 0 Å². The Kier molecular flexibility index (Phi) is 2.78. The Bertz CT molecular complexity index is 713. The van der Waals surface area contributed by atoms with Crippen LogP contribution >= 0.6 is 12.2 Å². The van der Waals surface area contributed by atoms with Gasteiger partial charge in [0.15, 0.2) is 4.77 Å². The Morgan fingerprint density at radius 2 is 1.72 bits per heavy atom. The second kappa shape index (κ2) is 4.58. The molecule has 3 aromatic rings. The van der Waals surface area contributed by atoms with Crippen LogP contribution in [0.1, 0.15) is 0 Å². The molecule has 18 heavy (non-hydrogen) atoms. The van der Waals surface area contributed by atoms with Gasteiger partial charge in [0.25, 0.3) is 0 Å². The second-order valence-electron chi connectivity index (χ2n) is 3.95. The Hall–Kier alpha value is -2.20. The molecule has 88 valence electrons. The van der Waals surface area contributed by atoms with Crippen LogP contribution in [0, 0.1) is 4.77 Å². The van der Waals surface area contributed by atoms with Crippen LogP contribution in [0.5, 0.6) is 0 Å². The molecule has 0 aliphatic carbocycles. The summed E-state index contributed by atoms with van der Waals surface area (Å²) in [5, 5.41) is 6.69. The highest BCUT2D eigenvalue weighted by Gasteiger charge is 2.01. The third kappa shape index (κ3) is 1.98. The summed E-state index contributed by atoms with van der Waals surface area (Å²) in [6.07, 6.45) is 1.69. The molecule has 0 bridgehead atoms. The summed E-state index contributed by atoms with van der Waals surface area (Å²) >= 11 is 5.17. The van der Waals surface area contributed by atoms with E-state index in [2.05, 4.69) is 34.5 Å². The van der Waals surface area contributed by atoms with E-state index in [1.165, 1.54) is 5.56 Å². The van der Waals surface area contributed by atoms with Crippen molar-refractivity contribution >= 4 is 12.2 Å². The fourth-order valence-electron chi connectivity index (χ4n) is 1.90. The van der Waals surface area contributed by atoms with Crippen LogP contribution in [-0.2, 0) is 0 Å². The van der Waals surface area contributed by atoms with Crippen LogP contribution in [0.4, 0.5) is 0 Å². The third-order valence-corrected chi connectivity index (χ3v) is 3.07. The molecule has 1 aromatic heterocycles. The Labute approximate surface area is 110 Å². The number of aromatic nitrogens is 3. The zero-order chi connectivity index (χ0) is 12.4. The zero-order valence-corrected chi connectivity index (χ0v) is 10.4. The minimum atomic E-state index is 0.597. The van der Waals surface area contributed by atoms with Crippen LogP contribution in [0.15, 0.2) is 60.9 Å². The van der Waals surface area contributed by atoms with Crippen molar-refractivity contribution in [3.05, 3.63) is 65.7 Å². The number of aromatic amines is 1. The van der Waals surface area contributed by atoms with Gasteiger partial charge in [-0.15, -0.1) is 0 Å². The van der Waals surface area contributed by atoms with E-state index in [-0.39, 0.29) is 0 Å². The van der Waals surface area contributed by atoms with Crippen LogP contribution in [0.2, 0.25) is 0 Å². The smallest absolute Gasteiger partial charge is 0.199 e. The third-order valence-electron chi connectivity index (χ3n) is 2.78. The molecular weight excluding hydrogens is 242 g/mol. The quantitative estimate of drug-likeness (QED) is 0.708. The van der Waals surface area contributed by atoms with Crippen LogP contribution in [-0.4, -0.2) is 14.8 Å². The second-order valence-corrected chi connectivity index (χ2v) is 4.33. The van der Waals surface area contributed by atoms with Gasteiger partial charge in [-0.1, -0.05) is 42.5 Å². The number of rotatable bonds is 2. The van der Waals surface area contributed by atoms with Gasteiger partial charge in [0.1, 0.15) is 6.33 Å². The van der Waals surface area contributed by atoms with Crippen LogP contribution < -0.4 is 0 Å². The maximum absolute atomic E-state index is 5.17. The van der Waals surface area contributed by atoms with Gasteiger partial charge in [-0.2, -0.15) is 5.10 Å². The maximum Gasteiger partial charge on any atom is 0.199 e. The molecule has 0 saturated heterocycles. The van der Waals surface area contributed by atoms with E-state index in [0.717, 1.165) is 11.3 Å². The van der Waals surface area contributed by atoms with E-state index in [4.69, 9.17) is 12.2 Å². The van der Waals surface area contributed by atoms with Crippen molar-refractivity contribution in [1.29, 1.82) is 0 Å². The Morgan fingerprint density at radius 3 is 2.44 bits per heavy atom. The first-order chi connectivity index (χ1) is 8.84. The standard InChI is InChI=1S/C14H11N3S/c18-14-16-15-10-17(14)13-8-4-7-12(9-13)11-5-2-1-3-6-11/h1-10H,(H,16,18). The highest BCUT2D eigenvalue weighted by atomic mass is 32.1. The van der Waals surface area contributed by atoms with Gasteiger partial charge in [-0.25, -0.2) is 0 Å². The normalized spacial score (nSPS) is 10.4. The summed E-state index contributed by atoms with van der Waals surface area (Å²) in [6.45, 7) is 0. The number of hydrogen-bond acceptors (Lipinski definition) is 2. The first kappa shape index (κ1) is 10.9. The van der Waals surface area contributed by atoms with Crippen molar-refractivity contribution < 1.29 is 0 Å². The molecule has 1 heterocycles. The highest BCUT2D eigenvalue weighted by molar-refractivity contribution is 7.71. The van der Waals surface area contributed by atoms with E-state index in [1.807, 2.05) is 34.9 Å². The summed E-state index contributed by atoms with van der Waals surface area (Å²) in [7, 11) is 0. The first-order valence-electron chi connectivity index (χ1n) is 5.62. The van der Waals surface area contributed by atoms with Crippen molar-refractivity contribution in [1.82, 2.24) is 14.8 Å². The van der Waals surface area contributed by atoms with Gasteiger partial charge in [0.05, 0.1) is 0 Å². The van der Waals surface area contributed by atoms with Crippen LogP contribution in [0.25, 0.3) is 16.8 Å². The fourth-order valence-corrected chi connectivity index (χ4v) is 2.10. The molecule has 3 nitrogen and oxygen atoms in total. The van der Waals surface area contributed by atoms with Crippen molar-refractivity contribution in [3.8, 4) is 16.8 Å². The number of H-pyrrole nitrogens is 1. The van der Waals surface area contributed by atoms with Gasteiger partial charge < -0.3 is 0 Å². The SMILES string of the molecule is S=c1[nH]ncn1-c1cccc(-c2ccccc2)c1. The lowest BCUT2D eigenvalue weighted by Gasteiger charge is -2.05. The van der Waals surface area contributed by atoms with Gasteiger partial charge in [0, 0.05) is 5.69 Å². The maximum atomic E-state index is 5.17. The molecule has 0 aliphatic heterocycles. The lowest BCUT2D eigenvalue weighted by molar-refractivity contribution is 1.03. The van der Waals surface area contributed by atoms with Crippen molar-refractivity contribution in [2.45, 2.75) is 0 Å². The summed E-state index contributed by atoms with van der Waals surface area (Å²) in [4.78, 5) is 0. The van der Waals surface area contributed by atoms with Gasteiger partial charge in [-0.05, 0) is 35.5 Å². The lowest BCUT2D eigenvalue weighted by Crippen LogP contribution is -1.92. The number of nitrogens with one attached hydrogen (secondary N) is 1. The van der Waals surface area contributed by atoms with Crippen LogP contribution in [0.3, 0.4) is 0 Å². The summed E-state index contributed by atoms with van der Waals surface area (Å²) in [5.41, 5.74) is 3.36. The highest BCUT2D eigenvalue weighted by Crippen LogP contribution is 2.21. The molecule has 3 rings (SSSR count). The molecule has 0 spiro atoms. The molecule has 0 aliphatic rings. The molecular formula is C14H11N3S. The Morgan fingerprint density at radius 1 is 0.944 bits per heavy atom. The number of hydrogen-bond donors (Lipinski definition) is 1. The van der Waals surface area contributed by atoms with Gasteiger partial charge in [0.2, 0.25) is 0 Å². The monoisotopic (exact) mass is 253 g/mol. The van der Waals surface area contributed by atoms with E-state index in [0.29, 0.717) is 4.77 Å². The molecule has 0 saturated carbocycles. The molecule has 0 amide bonds. The molecule has 1 N–H and O–H groups in total. The number of nitrogens with zero attached hydrogens (tertiary/aromatic N) is 2. The minimum absolute atomic E-state index is 0.597. The fraction of sp³-hybridized carbons (Fsp3) is 0.